The van der Waals surface area contributed by atoms with Gasteiger partial charge >= 0.3 is 6.18 Å². The van der Waals surface area contributed by atoms with Gasteiger partial charge in [-0.25, -0.2) is 4.39 Å². The van der Waals surface area contributed by atoms with Crippen LogP contribution in [0.15, 0.2) is 46.9 Å². The van der Waals surface area contributed by atoms with Crippen molar-refractivity contribution >= 4 is 15.9 Å². The molecule has 0 aliphatic rings. The Morgan fingerprint density at radius 2 is 1.67 bits per heavy atom. The molecule has 2 aromatic rings. The number of halogens is 5. The molecule has 0 bridgehead atoms. The summed E-state index contributed by atoms with van der Waals surface area (Å²) in [4.78, 5) is 0. The minimum atomic E-state index is -4.70. The fraction of sp³-hybridized carbons (Fsp3) is 0.200. The van der Waals surface area contributed by atoms with Crippen LogP contribution in [0.2, 0.25) is 0 Å². The Morgan fingerprint density at radius 1 is 1.05 bits per heavy atom. The molecule has 0 saturated carbocycles. The molecule has 6 heteroatoms. The Morgan fingerprint density at radius 3 is 2.19 bits per heavy atom. The van der Waals surface area contributed by atoms with E-state index in [-0.39, 0.29) is 0 Å². The molecule has 0 aliphatic carbocycles. The second kappa shape index (κ2) is 6.15. The molecule has 0 saturated heterocycles. The van der Waals surface area contributed by atoms with Crippen molar-refractivity contribution in [2.24, 2.45) is 5.73 Å². The first-order chi connectivity index (χ1) is 9.77. The SMILES string of the molecule is NC(Cc1ccc(Br)cc1)c1ccc(C(F)(F)F)c(F)c1. The summed E-state index contributed by atoms with van der Waals surface area (Å²) >= 11 is 3.31. The van der Waals surface area contributed by atoms with Crippen molar-refractivity contribution < 1.29 is 17.6 Å². The molecule has 2 aromatic carbocycles. The Labute approximate surface area is 127 Å². The molecule has 1 atom stereocenters. The summed E-state index contributed by atoms with van der Waals surface area (Å²) in [5.74, 6) is -1.30. The summed E-state index contributed by atoms with van der Waals surface area (Å²) in [6.07, 6.45) is -4.28. The van der Waals surface area contributed by atoms with Gasteiger partial charge in [0.1, 0.15) is 5.82 Å². The van der Waals surface area contributed by atoms with Crippen LogP contribution in [-0.4, -0.2) is 0 Å². The fourth-order valence-electron chi connectivity index (χ4n) is 1.98. The van der Waals surface area contributed by atoms with E-state index in [0.29, 0.717) is 12.0 Å². The Hall–Kier alpha value is -1.40. The monoisotopic (exact) mass is 361 g/mol. The lowest BCUT2D eigenvalue weighted by Crippen LogP contribution is -2.15. The van der Waals surface area contributed by atoms with Crippen molar-refractivity contribution in [3.63, 3.8) is 0 Å². The highest BCUT2D eigenvalue weighted by Gasteiger charge is 2.34. The normalized spacial score (nSPS) is 13.2. The number of hydrogen-bond acceptors (Lipinski definition) is 1. The molecule has 0 spiro atoms. The molecule has 0 radical (unpaired) electrons. The van der Waals surface area contributed by atoms with Crippen LogP contribution in [0, 0.1) is 5.82 Å². The van der Waals surface area contributed by atoms with Crippen LogP contribution in [0.4, 0.5) is 17.6 Å². The van der Waals surface area contributed by atoms with Crippen molar-refractivity contribution in [3.05, 3.63) is 69.4 Å². The van der Waals surface area contributed by atoms with Gasteiger partial charge in [-0.15, -0.1) is 0 Å². The third-order valence-corrected chi connectivity index (χ3v) is 3.62. The van der Waals surface area contributed by atoms with Crippen molar-refractivity contribution in [1.82, 2.24) is 0 Å². The maximum absolute atomic E-state index is 13.5. The smallest absolute Gasteiger partial charge is 0.324 e. The number of benzene rings is 2. The number of hydrogen-bond donors (Lipinski definition) is 1. The summed E-state index contributed by atoms with van der Waals surface area (Å²) in [6.45, 7) is 0. The first-order valence-corrected chi connectivity index (χ1v) is 6.93. The third kappa shape index (κ3) is 4.04. The van der Waals surface area contributed by atoms with Crippen LogP contribution in [0.1, 0.15) is 22.7 Å². The van der Waals surface area contributed by atoms with E-state index in [1.165, 1.54) is 6.07 Å². The van der Waals surface area contributed by atoms with Gasteiger partial charge in [-0.2, -0.15) is 13.2 Å². The molecule has 112 valence electrons. The van der Waals surface area contributed by atoms with Crippen LogP contribution in [0.25, 0.3) is 0 Å². The van der Waals surface area contributed by atoms with Gasteiger partial charge in [0, 0.05) is 10.5 Å². The Bertz CT molecular complexity index is 623. The fourth-order valence-corrected chi connectivity index (χ4v) is 2.25. The maximum Gasteiger partial charge on any atom is 0.419 e. The van der Waals surface area contributed by atoms with Gasteiger partial charge in [-0.05, 0) is 41.8 Å². The quantitative estimate of drug-likeness (QED) is 0.777. The minimum Gasteiger partial charge on any atom is -0.324 e. The molecule has 2 rings (SSSR count). The van der Waals surface area contributed by atoms with Crippen LogP contribution in [-0.2, 0) is 12.6 Å². The molecule has 0 aromatic heterocycles. The predicted octanol–water partition coefficient (Wildman–Crippen LogP) is 4.85. The molecule has 0 fully saturated rings. The summed E-state index contributed by atoms with van der Waals surface area (Å²) in [7, 11) is 0. The maximum atomic E-state index is 13.5. The Kier molecular flexibility index (Phi) is 4.68. The third-order valence-electron chi connectivity index (χ3n) is 3.10. The first-order valence-electron chi connectivity index (χ1n) is 6.14. The van der Waals surface area contributed by atoms with Gasteiger partial charge in [0.15, 0.2) is 0 Å². The average molecular weight is 362 g/mol. The molecular weight excluding hydrogens is 350 g/mol. The van der Waals surface area contributed by atoms with Gasteiger partial charge < -0.3 is 5.73 Å². The molecule has 0 heterocycles. The van der Waals surface area contributed by atoms with Crippen molar-refractivity contribution in [1.29, 1.82) is 0 Å². The standard InChI is InChI=1S/C15H12BrF4N/c16-11-4-1-9(2-5-11)7-14(21)10-3-6-12(13(17)8-10)15(18,19)20/h1-6,8,14H,7,21H2. The molecule has 0 aliphatic heterocycles. The van der Waals surface area contributed by atoms with Crippen LogP contribution in [0.5, 0.6) is 0 Å². The zero-order valence-electron chi connectivity index (χ0n) is 10.8. The van der Waals surface area contributed by atoms with Crippen LogP contribution >= 0.6 is 15.9 Å². The highest BCUT2D eigenvalue weighted by molar-refractivity contribution is 9.10. The first kappa shape index (κ1) is 16.0. The Balaban J connectivity index is 2.18. The van der Waals surface area contributed by atoms with Crippen molar-refractivity contribution in [3.8, 4) is 0 Å². The lowest BCUT2D eigenvalue weighted by Gasteiger charge is -2.14. The number of alkyl halides is 3. The van der Waals surface area contributed by atoms with Crippen LogP contribution < -0.4 is 5.73 Å². The number of nitrogens with two attached hydrogens (primary N) is 1. The topological polar surface area (TPSA) is 26.0 Å². The lowest BCUT2D eigenvalue weighted by atomic mass is 9.98. The van der Waals surface area contributed by atoms with Gasteiger partial charge in [0.2, 0.25) is 0 Å². The van der Waals surface area contributed by atoms with E-state index in [2.05, 4.69) is 15.9 Å². The van der Waals surface area contributed by atoms with E-state index in [9.17, 15) is 17.6 Å². The second-order valence-corrected chi connectivity index (χ2v) is 5.59. The van der Waals surface area contributed by atoms with E-state index in [4.69, 9.17) is 5.73 Å². The molecule has 1 unspecified atom stereocenters. The largest absolute Gasteiger partial charge is 0.419 e. The zero-order chi connectivity index (χ0) is 15.6. The summed E-state index contributed by atoms with van der Waals surface area (Å²) in [6, 6.07) is 9.62. The minimum absolute atomic E-state index is 0.336. The summed E-state index contributed by atoms with van der Waals surface area (Å²) in [5, 5.41) is 0. The highest BCUT2D eigenvalue weighted by Crippen LogP contribution is 2.32. The molecule has 0 amide bonds. The molecular formula is C15H12BrF4N. The lowest BCUT2D eigenvalue weighted by molar-refractivity contribution is -0.140. The van der Waals surface area contributed by atoms with Gasteiger partial charge in [-0.1, -0.05) is 34.1 Å². The van der Waals surface area contributed by atoms with E-state index >= 15 is 0 Å². The van der Waals surface area contributed by atoms with Gasteiger partial charge in [0.25, 0.3) is 0 Å². The predicted molar refractivity (Wildman–Crippen MR) is 76.2 cm³/mol. The summed E-state index contributed by atoms with van der Waals surface area (Å²) in [5.41, 5.74) is 5.92. The van der Waals surface area contributed by atoms with Crippen molar-refractivity contribution in [2.45, 2.75) is 18.6 Å². The molecule has 2 N–H and O–H groups in total. The van der Waals surface area contributed by atoms with Gasteiger partial charge in [-0.3, -0.25) is 0 Å². The van der Waals surface area contributed by atoms with E-state index in [0.717, 1.165) is 22.2 Å². The summed E-state index contributed by atoms with van der Waals surface area (Å²) < 4.78 is 51.9. The van der Waals surface area contributed by atoms with Crippen LogP contribution in [0.3, 0.4) is 0 Å². The number of rotatable bonds is 3. The van der Waals surface area contributed by atoms with E-state index < -0.39 is 23.6 Å². The van der Waals surface area contributed by atoms with Gasteiger partial charge in [0.05, 0.1) is 5.56 Å². The van der Waals surface area contributed by atoms with E-state index in [1.807, 2.05) is 24.3 Å². The molecule has 21 heavy (non-hydrogen) atoms. The average Bonchev–Trinajstić information content (AvgIpc) is 2.39. The van der Waals surface area contributed by atoms with Crippen molar-refractivity contribution in [2.75, 3.05) is 0 Å². The van der Waals surface area contributed by atoms with E-state index in [1.54, 1.807) is 0 Å². The zero-order valence-corrected chi connectivity index (χ0v) is 12.4. The highest BCUT2D eigenvalue weighted by atomic mass is 79.9. The molecule has 1 nitrogen and oxygen atoms in total. The second-order valence-electron chi connectivity index (χ2n) is 4.67.